The van der Waals surface area contributed by atoms with Crippen molar-refractivity contribution in [2.45, 2.75) is 25.8 Å². The van der Waals surface area contributed by atoms with Gasteiger partial charge in [-0.25, -0.2) is 4.98 Å². The number of imidazole rings is 1. The van der Waals surface area contributed by atoms with Gasteiger partial charge in [0, 0.05) is 25.0 Å². The van der Waals surface area contributed by atoms with Gasteiger partial charge in [0.1, 0.15) is 0 Å². The van der Waals surface area contributed by atoms with Crippen LogP contribution in [-0.4, -0.2) is 34.1 Å². The summed E-state index contributed by atoms with van der Waals surface area (Å²) in [4.78, 5) is 6.52. The van der Waals surface area contributed by atoms with E-state index in [1.807, 2.05) is 10.8 Å². The van der Waals surface area contributed by atoms with E-state index >= 15 is 0 Å². The van der Waals surface area contributed by atoms with E-state index in [-0.39, 0.29) is 0 Å². The van der Waals surface area contributed by atoms with E-state index < -0.39 is 0 Å². The van der Waals surface area contributed by atoms with Crippen molar-refractivity contribution in [2.24, 2.45) is 0 Å². The second-order valence-corrected chi connectivity index (χ2v) is 4.05. The van der Waals surface area contributed by atoms with Crippen molar-refractivity contribution in [2.75, 3.05) is 25.4 Å². The molecule has 1 aliphatic rings. The quantitative estimate of drug-likeness (QED) is 0.784. The van der Waals surface area contributed by atoms with Crippen molar-refractivity contribution in [3.8, 4) is 0 Å². The van der Waals surface area contributed by atoms with Crippen LogP contribution < -0.4 is 5.73 Å². The molecule has 1 unspecified atom stereocenters. The molecule has 78 valence electrons. The number of likely N-dealkylation sites (tertiary alicyclic amines) is 1. The van der Waals surface area contributed by atoms with Gasteiger partial charge in [-0.15, -0.1) is 0 Å². The fourth-order valence-corrected chi connectivity index (χ4v) is 2.12. The summed E-state index contributed by atoms with van der Waals surface area (Å²) in [6.07, 6.45) is 6.39. The monoisotopic (exact) mass is 194 g/mol. The molecular formula is C10H18N4. The highest BCUT2D eigenvalue weighted by molar-refractivity contribution is 5.17. The zero-order chi connectivity index (χ0) is 9.97. The molecule has 1 saturated heterocycles. The zero-order valence-electron chi connectivity index (χ0n) is 8.69. The molecule has 1 aliphatic heterocycles. The summed E-state index contributed by atoms with van der Waals surface area (Å²) in [5, 5.41) is 0. The standard InChI is InChI=1S/C10H18N4/c1-9(8-13-5-2-3-6-13)14-7-4-12-10(14)11/h4,7,9H,2-3,5-6,8H2,1H3,(H2,11,12). The third-order valence-electron chi connectivity index (χ3n) is 2.89. The molecule has 0 saturated carbocycles. The molecule has 0 bridgehead atoms. The molecule has 2 N–H and O–H groups in total. The first-order valence-electron chi connectivity index (χ1n) is 5.28. The van der Waals surface area contributed by atoms with Gasteiger partial charge in [0.05, 0.1) is 0 Å². The van der Waals surface area contributed by atoms with Crippen LogP contribution in [0.4, 0.5) is 5.95 Å². The smallest absolute Gasteiger partial charge is 0.200 e. The number of nitrogens with zero attached hydrogens (tertiary/aromatic N) is 3. The maximum Gasteiger partial charge on any atom is 0.200 e. The number of hydrogen-bond acceptors (Lipinski definition) is 3. The fraction of sp³-hybridized carbons (Fsp3) is 0.700. The fourth-order valence-electron chi connectivity index (χ4n) is 2.12. The molecule has 4 nitrogen and oxygen atoms in total. The lowest BCUT2D eigenvalue weighted by Crippen LogP contribution is -2.27. The maximum atomic E-state index is 5.75. The van der Waals surface area contributed by atoms with Gasteiger partial charge in [-0.05, 0) is 32.9 Å². The molecule has 1 aromatic rings. The van der Waals surface area contributed by atoms with Crippen LogP contribution in [0.1, 0.15) is 25.8 Å². The molecular weight excluding hydrogens is 176 g/mol. The molecule has 0 amide bonds. The van der Waals surface area contributed by atoms with E-state index in [9.17, 15) is 0 Å². The Morgan fingerprint density at radius 3 is 2.79 bits per heavy atom. The highest BCUT2D eigenvalue weighted by Gasteiger charge is 2.16. The first-order chi connectivity index (χ1) is 6.77. The Labute approximate surface area is 84.7 Å². The van der Waals surface area contributed by atoms with Gasteiger partial charge in [0.15, 0.2) is 5.95 Å². The Kier molecular flexibility index (Phi) is 2.72. The molecule has 1 atom stereocenters. The van der Waals surface area contributed by atoms with E-state index in [1.165, 1.54) is 25.9 Å². The molecule has 1 fully saturated rings. The summed E-state index contributed by atoms with van der Waals surface area (Å²) >= 11 is 0. The molecule has 1 aromatic heterocycles. The summed E-state index contributed by atoms with van der Waals surface area (Å²) in [6.45, 7) is 5.74. The summed E-state index contributed by atoms with van der Waals surface area (Å²) in [7, 11) is 0. The van der Waals surface area contributed by atoms with Crippen LogP contribution in [0, 0.1) is 0 Å². The molecule has 0 spiro atoms. The van der Waals surface area contributed by atoms with E-state index in [0.29, 0.717) is 12.0 Å². The predicted octanol–water partition coefficient (Wildman–Crippen LogP) is 1.12. The van der Waals surface area contributed by atoms with Crippen molar-refractivity contribution >= 4 is 5.95 Å². The van der Waals surface area contributed by atoms with E-state index in [0.717, 1.165) is 6.54 Å². The molecule has 14 heavy (non-hydrogen) atoms. The van der Waals surface area contributed by atoms with E-state index in [1.54, 1.807) is 6.20 Å². The van der Waals surface area contributed by atoms with Crippen LogP contribution in [0.25, 0.3) is 0 Å². The van der Waals surface area contributed by atoms with Gasteiger partial charge in [-0.2, -0.15) is 0 Å². The van der Waals surface area contributed by atoms with Crippen LogP contribution in [0.15, 0.2) is 12.4 Å². The Morgan fingerprint density at radius 1 is 1.50 bits per heavy atom. The van der Waals surface area contributed by atoms with Gasteiger partial charge < -0.3 is 15.2 Å². The first kappa shape index (κ1) is 9.52. The largest absolute Gasteiger partial charge is 0.369 e. The highest BCUT2D eigenvalue weighted by Crippen LogP contribution is 2.15. The third-order valence-corrected chi connectivity index (χ3v) is 2.89. The Hall–Kier alpha value is -1.03. The lowest BCUT2D eigenvalue weighted by atomic mass is 10.3. The van der Waals surface area contributed by atoms with Gasteiger partial charge >= 0.3 is 0 Å². The van der Waals surface area contributed by atoms with E-state index in [2.05, 4.69) is 16.8 Å². The van der Waals surface area contributed by atoms with Gasteiger partial charge in [-0.1, -0.05) is 0 Å². The van der Waals surface area contributed by atoms with Gasteiger partial charge in [0.25, 0.3) is 0 Å². The van der Waals surface area contributed by atoms with Crippen LogP contribution in [0.5, 0.6) is 0 Å². The molecule has 4 heteroatoms. The summed E-state index contributed by atoms with van der Waals surface area (Å²) in [5.41, 5.74) is 5.75. The summed E-state index contributed by atoms with van der Waals surface area (Å²) in [6, 6.07) is 0.426. The Morgan fingerprint density at radius 2 is 2.21 bits per heavy atom. The van der Waals surface area contributed by atoms with Crippen LogP contribution in [-0.2, 0) is 0 Å². The molecule has 2 rings (SSSR count). The van der Waals surface area contributed by atoms with Crippen molar-refractivity contribution in [3.05, 3.63) is 12.4 Å². The zero-order valence-corrected chi connectivity index (χ0v) is 8.69. The van der Waals surface area contributed by atoms with Crippen molar-refractivity contribution in [1.29, 1.82) is 0 Å². The second kappa shape index (κ2) is 4.00. The van der Waals surface area contributed by atoms with Gasteiger partial charge in [0.2, 0.25) is 0 Å². The van der Waals surface area contributed by atoms with Crippen molar-refractivity contribution in [1.82, 2.24) is 14.5 Å². The minimum absolute atomic E-state index is 0.426. The predicted molar refractivity (Wildman–Crippen MR) is 57.0 cm³/mol. The second-order valence-electron chi connectivity index (χ2n) is 4.05. The normalized spacial score (nSPS) is 20.1. The summed E-state index contributed by atoms with van der Waals surface area (Å²) in [5.74, 6) is 0.622. The average Bonchev–Trinajstić information content (AvgIpc) is 2.75. The van der Waals surface area contributed by atoms with Crippen molar-refractivity contribution in [3.63, 3.8) is 0 Å². The number of anilines is 1. The Balaban J connectivity index is 1.95. The van der Waals surface area contributed by atoms with Gasteiger partial charge in [-0.3, -0.25) is 0 Å². The molecule has 0 radical (unpaired) electrons. The van der Waals surface area contributed by atoms with Crippen LogP contribution >= 0.6 is 0 Å². The van der Waals surface area contributed by atoms with Crippen LogP contribution in [0.2, 0.25) is 0 Å². The number of hydrogen-bond donors (Lipinski definition) is 1. The SMILES string of the molecule is CC(CN1CCCC1)n1ccnc1N. The lowest BCUT2D eigenvalue weighted by Gasteiger charge is -2.21. The minimum Gasteiger partial charge on any atom is -0.369 e. The molecule has 2 heterocycles. The number of rotatable bonds is 3. The van der Waals surface area contributed by atoms with Crippen LogP contribution in [0.3, 0.4) is 0 Å². The summed E-state index contributed by atoms with van der Waals surface area (Å²) < 4.78 is 2.04. The minimum atomic E-state index is 0.426. The average molecular weight is 194 g/mol. The molecule has 0 aliphatic carbocycles. The number of nitrogen functional groups attached to an aromatic ring is 1. The first-order valence-corrected chi connectivity index (χ1v) is 5.28. The topological polar surface area (TPSA) is 47.1 Å². The Bertz CT molecular complexity index is 288. The number of aromatic nitrogens is 2. The number of nitrogens with two attached hydrogens (primary N) is 1. The maximum absolute atomic E-state index is 5.75. The van der Waals surface area contributed by atoms with E-state index in [4.69, 9.17) is 5.73 Å². The van der Waals surface area contributed by atoms with Crippen molar-refractivity contribution < 1.29 is 0 Å². The molecule has 0 aromatic carbocycles. The third kappa shape index (κ3) is 1.90. The lowest BCUT2D eigenvalue weighted by molar-refractivity contribution is 0.289. The highest BCUT2D eigenvalue weighted by atomic mass is 15.2.